The molecule has 0 saturated carbocycles. The molecular weight excluding hydrogens is 1360 g/mol. The van der Waals surface area contributed by atoms with Crippen LogP contribution < -0.4 is 48.3 Å². The van der Waals surface area contributed by atoms with Crippen molar-refractivity contribution in [1.29, 1.82) is 0 Å². The van der Waals surface area contributed by atoms with E-state index in [2.05, 4.69) is 47.5 Å². The van der Waals surface area contributed by atoms with Gasteiger partial charge >= 0.3 is 17.9 Å². The van der Waals surface area contributed by atoms with Crippen LogP contribution in [-0.2, 0) is 72.0 Å². The number of carbonyl (C=O) groups is 11. The highest BCUT2D eigenvalue weighted by atomic mass is 33.1. The molecule has 102 heavy (non-hydrogen) atoms. The molecule has 2 fully saturated rings. The van der Waals surface area contributed by atoms with Crippen LogP contribution in [0.4, 0.5) is 0 Å². The quantitative estimate of drug-likeness (QED) is 0.0210. The number of aliphatic hydroxyl groups is 3. The molecule has 7 rings (SSSR count). The molecule has 2 aliphatic rings. The fourth-order valence-corrected chi connectivity index (χ4v) is 14.2. The molecule has 8 amide bonds. The van der Waals surface area contributed by atoms with E-state index in [1.54, 1.807) is 80.4 Å². The summed E-state index contributed by atoms with van der Waals surface area (Å²) in [7, 11) is 1.86. The summed E-state index contributed by atoms with van der Waals surface area (Å²) in [5.41, 5.74) is 8.32. The highest BCUT2D eigenvalue weighted by molar-refractivity contribution is 8.76. The van der Waals surface area contributed by atoms with Gasteiger partial charge in [0.05, 0.1) is 51.0 Å². The molecule has 554 valence electrons. The van der Waals surface area contributed by atoms with Crippen molar-refractivity contribution < 1.29 is 83.4 Å². The number of nitrogens with zero attached hydrogens (tertiary/aromatic N) is 4. The van der Waals surface area contributed by atoms with Gasteiger partial charge in [-0.25, -0.2) is 0 Å². The number of nitrogens with one attached hydrogen (secondary N) is 9. The van der Waals surface area contributed by atoms with Crippen molar-refractivity contribution in [2.75, 3.05) is 103 Å². The second kappa shape index (κ2) is 40.8. The van der Waals surface area contributed by atoms with Crippen LogP contribution in [0.3, 0.4) is 0 Å². The first-order valence-corrected chi connectivity index (χ1v) is 36.3. The van der Waals surface area contributed by atoms with Crippen LogP contribution in [0.2, 0.25) is 0 Å². The first kappa shape index (κ1) is 80.5. The maximum atomic E-state index is 15.5. The van der Waals surface area contributed by atoms with E-state index in [0.717, 1.165) is 32.4 Å². The summed E-state index contributed by atoms with van der Waals surface area (Å²) in [6.45, 7) is 1.21. The fourth-order valence-electron chi connectivity index (χ4n) is 11.9. The second-order valence-electron chi connectivity index (χ2n) is 25.4. The number of unbranched alkanes of at least 4 members (excludes halogenated alkanes) is 1. The van der Waals surface area contributed by atoms with Gasteiger partial charge < -0.3 is 83.9 Å². The Morgan fingerprint density at radius 3 is 1.67 bits per heavy atom. The minimum Gasteiger partial charge on any atom is -0.480 e. The Balaban J connectivity index is 1.28. The number of hydrogen-bond donors (Lipinski definition) is 16. The van der Waals surface area contributed by atoms with Crippen LogP contribution in [-0.4, -0.2) is 284 Å². The van der Waals surface area contributed by atoms with Crippen molar-refractivity contribution >= 4 is 108 Å². The average molecular weight is 1460 g/mol. The number of nitrogens with two attached hydrogens (primary N) is 1. The van der Waals surface area contributed by atoms with Crippen LogP contribution in [0, 0.1) is 0 Å². The Hall–Kier alpha value is -8.77. The van der Waals surface area contributed by atoms with Crippen LogP contribution in [0.25, 0.3) is 21.7 Å². The summed E-state index contributed by atoms with van der Waals surface area (Å²) in [5.74, 6) is -11.3. The number of H-pyrrole nitrogens is 1. The SMILES string of the molecule is CC(O)C(CO)NC(=O)C1CSSCC(NC(=O)C(Cc2ccccc2)NC(=O)CN2CCN(CC(=O)O)CCN(CC(=O)O)CCN(CC(=O)O)CC2)C(=O)NC(Cc2cccc3ccccc23)C(=O)NC(Cc2c[nH]c3ccccc23)C(=O)NC(CCCCN)C(=O)NC(C(C)O)C(=O)N1. The molecule has 17 N–H and O–H groups in total. The zero-order valence-corrected chi connectivity index (χ0v) is 58.6. The standard InChI is InChI=1S/C69H94N14O17S2/c1-42(85)55(39-84)76-68(99)57-41-102-101-40-56(77-64(95)52(31-44-13-4-3-5-14-44)72-58(87)35-80-23-25-81(36-59(88)89)27-29-83(38-61(92)93)30-28-82(26-24-80)37-60(90)91)67(98)75-53(32-46-17-12-16-45-15-6-7-18-48(45)46)66(97)74-54(33-47-34-71-50-20-9-8-19-49(47)50)65(96)73-51(21-10-11-22-70)63(94)79-62(43(2)86)69(100)78-57/h3-9,12-20,34,42-43,51-57,62,71,84-86H,10-11,21-33,35-41,70H2,1-2H3,(H,72,87)(H,73,96)(H,74,97)(H,75,98)(H,76,99)(H,77,95)(H,78,100)(H,79,94)(H,88,89)(H,90,91)(H,92,93). The van der Waals surface area contributed by atoms with Crippen molar-refractivity contribution in [2.45, 2.75) is 113 Å². The van der Waals surface area contributed by atoms with Crippen molar-refractivity contribution in [3.63, 3.8) is 0 Å². The fraction of sp³-hybridized carbons (Fsp3) is 0.493. The third kappa shape index (κ3) is 25.6. The van der Waals surface area contributed by atoms with Gasteiger partial charge in [0.15, 0.2) is 0 Å². The molecule has 1 aromatic heterocycles. The number of aliphatic hydroxyl groups excluding tert-OH is 3. The lowest BCUT2D eigenvalue weighted by molar-refractivity contribution is -0.140. The van der Waals surface area contributed by atoms with E-state index in [4.69, 9.17) is 5.73 Å². The Bertz CT molecular complexity index is 3630. The highest BCUT2D eigenvalue weighted by Crippen LogP contribution is 2.26. The summed E-state index contributed by atoms with van der Waals surface area (Å²) in [6.07, 6.45) is -1.11. The lowest BCUT2D eigenvalue weighted by Gasteiger charge is -2.33. The second-order valence-corrected chi connectivity index (χ2v) is 28.0. The number of aliphatic carboxylic acids is 3. The number of hydrogen-bond acceptors (Lipinski definition) is 21. The van der Waals surface area contributed by atoms with Crippen molar-refractivity contribution in [3.8, 4) is 0 Å². The Labute approximate surface area is 597 Å². The summed E-state index contributed by atoms with van der Waals surface area (Å²) < 4.78 is 0. The lowest BCUT2D eigenvalue weighted by Crippen LogP contribution is -2.62. The van der Waals surface area contributed by atoms with E-state index >= 15 is 19.2 Å². The van der Waals surface area contributed by atoms with E-state index in [1.807, 2.05) is 42.5 Å². The maximum Gasteiger partial charge on any atom is 0.317 e. The number of aromatic nitrogens is 1. The molecule has 0 bridgehead atoms. The first-order valence-electron chi connectivity index (χ1n) is 33.8. The van der Waals surface area contributed by atoms with Gasteiger partial charge in [-0.15, -0.1) is 0 Å². The number of aromatic amines is 1. The predicted octanol–water partition coefficient (Wildman–Crippen LogP) is -2.02. The molecule has 33 heteroatoms. The van der Waals surface area contributed by atoms with Crippen molar-refractivity contribution in [3.05, 3.63) is 120 Å². The van der Waals surface area contributed by atoms with Gasteiger partial charge in [-0.1, -0.05) is 113 Å². The van der Waals surface area contributed by atoms with Gasteiger partial charge in [0, 0.05) is 100 Å². The van der Waals surface area contributed by atoms with E-state index in [9.17, 15) is 64.2 Å². The van der Waals surface area contributed by atoms with Gasteiger partial charge in [-0.3, -0.25) is 72.3 Å². The largest absolute Gasteiger partial charge is 0.480 e. The Morgan fingerprint density at radius 1 is 0.569 bits per heavy atom. The number of benzene rings is 4. The molecule has 0 radical (unpaired) electrons. The van der Waals surface area contributed by atoms with Crippen molar-refractivity contribution in [2.24, 2.45) is 5.73 Å². The number of carboxylic acids is 3. The number of carboxylic acid groups (broad SMARTS) is 3. The lowest BCUT2D eigenvalue weighted by atomic mass is 9.97. The zero-order chi connectivity index (χ0) is 73.8. The number of rotatable bonds is 26. The van der Waals surface area contributed by atoms with Crippen LogP contribution in [0.5, 0.6) is 0 Å². The molecule has 2 aliphatic heterocycles. The van der Waals surface area contributed by atoms with Gasteiger partial charge in [0.1, 0.15) is 42.3 Å². The van der Waals surface area contributed by atoms with Gasteiger partial charge in [0.25, 0.3) is 0 Å². The summed E-state index contributed by atoms with van der Waals surface area (Å²) in [4.78, 5) is 165. The number of para-hydroxylation sites is 1. The summed E-state index contributed by atoms with van der Waals surface area (Å²) in [6, 6.07) is 16.5. The van der Waals surface area contributed by atoms with Gasteiger partial charge in [0.2, 0.25) is 47.3 Å². The monoisotopic (exact) mass is 1450 g/mol. The molecule has 10 unspecified atom stereocenters. The zero-order valence-electron chi connectivity index (χ0n) is 57.0. The number of amides is 8. The van der Waals surface area contributed by atoms with E-state index < -0.39 is 152 Å². The minimum atomic E-state index is -1.76. The smallest absolute Gasteiger partial charge is 0.317 e. The van der Waals surface area contributed by atoms with Crippen LogP contribution in [0.15, 0.2) is 103 Å². The van der Waals surface area contributed by atoms with Gasteiger partial charge in [-0.2, -0.15) is 0 Å². The third-order valence-electron chi connectivity index (χ3n) is 17.5. The van der Waals surface area contributed by atoms with Gasteiger partial charge in [-0.05, 0) is 73.2 Å². The molecule has 4 aromatic carbocycles. The molecule has 5 aromatic rings. The molecule has 2 saturated heterocycles. The van der Waals surface area contributed by atoms with E-state index in [-0.39, 0.29) is 109 Å². The van der Waals surface area contributed by atoms with Crippen molar-refractivity contribution in [1.82, 2.24) is 67.1 Å². The first-order chi connectivity index (χ1) is 48.9. The molecule has 10 atom stereocenters. The molecule has 3 heterocycles. The van der Waals surface area contributed by atoms with Crippen LogP contribution in [0.1, 0.15) is 49.8 Å². The highest BCUT2D eigenvalue weighted by Gasteiger charge is 2.38. The Kier molecular flexibility index (Phi) is 32.2. The predicted molar refractivity (Wildman–Crippen MR) is 382 cm³/mol. The van der Waals surface area contributed by atoms with Crippen LogP contribution >= 0.6 is 21.6 Å². The third-order valence-corrected chi connectivity index (χ3v) is 20.0. The molecule has 0 spiro atoms. The number of fused-ring (bicyclic) bond motifs is 2. The van der Waals surface area contributed by atoms with E-state index in [0.29, 0.717) is 34.0 Å². The average Bonchev–Trinajstić information content (AvgIpc) is 1.08. The molecule has 0 aliphatic carbocycles. The molecular formula is C69H94N14O17S2. The maximum absolute atomic E-state index is 15.5. The topological polar surface area (TPSA) is 460 Å². The number of carbonyl (C=O) groups excluding carboxylic acids is 8. The normalized spacial score (nSPS) is 21.8. The van der Waals surface area contributed by atoms with E-state index in [1.165, 1.54) is 13.8 Å². The minimum absolute atomic E-state index is 0.0399. The Morgan fingerprint density at radius 2 is 1.09 bits per heavy atom. The molecule has 31 nitrogen and oxygen atoms in total. The summed E-state index contributed by atoms with van der Waals surface area (Å²) in [5, 5.41) is 85.1. The summed E-state index contributed by atoms with van der Waals surface area (Å²) >= 11 is 0.